The standard InChI is InChI=1S/C47H79IO4/c1-3-5-7-9-11-13-15-17-19-21-23-25-27-29-31-33-36-41-38-35-39-43-44(41)40-42(45(47(49)50)46(43)48(51)52)37-34-32-30-28-26-24-22-20-18-16-14-12-10-8-6-4-2/h35,38-40H,3-34,36-37H2,1-2H3,(H,49,50). The van der Waals surface area contributed by atoms with Crippen LogP contribution >= 0.6 is 19.8 Å². The average molecular weight is 835 g/mol. The molecule has 1 N–H and O–H groups in total. The maximum absolute atomic E-state index is 12.6. The molecule has 0 bridgehead atoms. The maximum atomic E-state index is 12.6. The molecule has 0 saturated carbocycles. The highest BCUT2D eigenvalue weighted by molar-refractivity contribution is 14.2. The quantitative estimate of drug-likeness (QED) is 0.0548. The fraction of sp³-hybridized carbons (Fsp3) is 0.766. The van der Waals surface area contributed by atoms with Gasteiger partial charge in [-0.2, -0.15) is 0 Å². The maximum Gasteiger partial charge on any atom is 0.342 e. The van der Waals surface area contributed by atoms with Gasteiger partial charge in [0.05, 0.1) is 9.13 Å². The molecule has 0 aliphatic rings. The number of carboxylic acid groups (broad SMARTS) is 1. The van der Waals surface area contributed by atoms with E-state index in [1.807, 2.05) is 18.2 Å². The summed E-state index contributed by atoms with van der Waals surface area (Å²) < 4.78 is 25.3. The second-order valence-corrected chi connectivity index (χ2v) is 18.2. The summed E-state index contributed by atoms with van der Waals surface area (Å²) in [5.41, 5.74) is 1.89. The van der Waals surface area contributed by atoms with Crippen molar-refractivity contribution in [3.8, 4) is 0 Å². The second-order valence-electron chi connectivity index (χ2n) is 15.9. The van der Waals surface area contributed by atoms with E-state index >= 15 is 0 Å². The first-order chi connectivity index (χ1) is 25.5. The number of aryl methyl sites for hydroxylation is 2. The predicted molar refractivity (Wildman–Crippen MR) is 231 cm³/mol. The molecular weight excluding hydrogens is 755 g/mol. The molecule has 298 valence electrons. The molecule has 0 unspecified atom stereocenters. The van der Waals surface area contributed by atoms with Crippen LogP contribution in [0.1, 0.15) is 241 Å². The van der Waals surface area contributed by atoms with Gasteiger partial charge in [0.25, 0.3) is 0 Å². The minimum Gasteiger partial charge on any atom is -0.478 e. The SMILES string of the molecule is CCCCCCCCCCCCCCCCCCc1cc2c(CCCCCCCCCCCCCCCCCC)cccc2c(I(=O)=O)c1C(=O)O. The largest absolute Gasteiger partial charge is 0.478 e. The van der Waals surface area contributed by atoms with E-state index in [4.69, 9.17) is 0 Å². The molecule has 0 aliphatic heterocycles. The summed E-state index contributed by atoms with van der Waals surface area (Å²) in [5.74, 6) is -1.11. The Bertz CT molecular complexity index is 1260. The number of carbonyl (C=O) groups is 1. The van der Waals surface area contributed by atoms with E-state index < -0.39 is 25.8 Å². The summed E-state index contributed by atoms with van der Waals surface area (Å²) in [4.78, 5) is 12.4. The fourth-order valence-electron chi connectivity index (χ4n) is 8.03. The van der Waals surface area contributed by atoms with E-state index in [2.05, 4.69) is 19.9 Å². The van der Waals surface area contributed by atoms with Crippen molar-refractivity contribution in [1.82, 2.24) is 0 Å². The predicted octanol–water partition coefficient (Wildman–Crippen LogP) is 16.5. The van der Waals surface area contributed by atoms with Gasteiger partial charge in [-0.25, -0.2) is 10.9 Å². The van der Waals surface area contributed by atoms with E-state index in [1.165, 1.54) is 180 Å². The molecule has 2 rings (SSSR count). The second kappa shape index (κ2) is 31.8. The third-order valence-corrected chi connectivity index (χ3v) is 13.3. The smallest absolute Gasteiger partial charge is 0.342 e. The van der Waals surface area contributed by atoms with Crippen LogP contribution in [0.15, 0.2) is 24.3 Å². The zero-order valence-electron chi connectivity index (χ0n) is 33.9. The summed E-state index contributed by atoms with van der Waals surface area (Å²) in [6.45, 7) is 4.56. The Kier molecular flexibility index (Phi) is 28.5. The zero-order valence-corrected chi connectivity index (χ0v) is 36.1. The van der Waals surface area contributed by atoms with Crippen molar-refractivity contribution >= 4 is 36.5 Å². The van der Waals surface area contributed by atoms with Crippen LogP contribution in [0.2, 0.25) is 0 Å². The number of hydrogen-bond acceptors (Lipinski definition) is 3. The van der Waals surface area contributed by atoms with Gasteiger partial charge in [-0.3, -0.25) is 0 Å². The lowest BCUT2D eigenvalue weighted by atomic mass is 9.92. The van der Waals surface area contributed by atoms with Gasteiger partial charge in [0, 0.05) is 5.39 Å². The number of fused-ring (bicyclic) bond motifs is 1. The summed E-state index contributed by atoms with van der Waals surface area (Å²) in [5, 5.41) is 11.7. The summed E-state index contributed by atoms with van der Waals surface area (Å²) in [7, 11) is 0. The van der Waals surface area contributed by atoms with E-state index in [0.29, 0.717) is 17.4 Å². The first kappa shape index (κ1) is 46.7. The minimum atomic E-state index is -4.05. The Balaban J connectivity index is 1.72. The number of benzene rings is 2. The third kappa shape index (κ3) is 20.8. The van der Waals surface area contributed by atoms with Crippen molar-refractivity contribution < 1.29 is 16.0 Å². The van der Waals surface area contributed by atoms with Crippen molar-refractivity contribution in [3.05, 3.63) is 44.5 Å². The zero-order chi connectivity index (χ0) is 37.5. The van der Waals surface area contributed by atoms with Crippen LogP contribution in [0.4, 0.5) is 0 Å². The Morgan fingerprint density at radius 2 is 0.788 bits per heavy atom. The molecule has 0 heterocycles. The first-order valence-electron chi connectivity index (χ1n) is 22.4. The molecule has 0 fully saturated rings. The summed E-state index contributed by atoms with van der Waals surface area (Å²) in [6.07, 6.45) is 43.8. The molecule has 2 aromatic rings. The van der Waals surface area contributed by atoms with Crippen molar-refractivity contribution in [2.24, 2.45) is 0 Å². The van der Waals surface area contributed by atoms with Crippen LogP contribution < -0.4 is 0 Å². The number of hydrogen-bond donors (Lipinski definition) is 1. The van der Waals surface area contributed by atoms with Crippen molar-refractivity contribution in [3.63, 3.8) is 0 Å². The average Bonchev–Trinajstić information content (AvgIpc) is 3.13. The van der Waals surface area contributed by atoms with Crippen molar-refractivity contribution in [2.45, 2.75) is 232 Å². The third-order valence-electron chi connectivity index (χ3n) is 11.3. The molecular formula is C47H79IO4. The fourth-order valence-corrected chi connectivity index (χ4v) is 9.99. The molecule has 52 heavy (non-hydrogen) atoms. The number of aromatic carboxylic acids is 1. The number of halogens is 1. The molecule has 0 atom stereocenters. The van der Waals surface area contributed by atoms with Crippen LogP contribution in [0.5, 0.6) is 0 Å². The molecule has 0 aromatic heterocycles. The molecule has 5 heteroatoms. The Labute approximate surface area is 327 Å². The Morgan fingerprint density at radius 3 is 1.12 bits per heavy atom. The van der Waals surface area contributed by atoms with Gasteiger partial charge < -0.3 is 5.11 Å². The van der Waals surface area contributed by atoms with Gasteiger partial charge in [-0.05, 0) is 48.3 Å². The molecule has 0 aliphatic carbocycles. The molecule has 4 nitrogen and oxygen atoms in total. The van der Waals surface area contributed by atoms with Gasteiger partial charge in [-0.15, -0.1) is 0 Å². The molecule has 0 amide bonds. The van der Waals surface area contributed by atoms with E-state index in [-0.39, 0.29) is 9.13 Å². The van der Waals surface area contributed by atoms with E-state index in [0.717, 1.165) is 43.1 Å². The summed E-state index contributed by atoms with van der Waals surface area (Å²) >= 11 is -4.05. The van der Waals surface area contributed by atoms with Gasteiger partial charge in [0.1, 0.15) is 0 Å². The molecule has 2 aromatic carbocycles. The van der Waals surface area contributed by atoms with Crippen LogP contribution in [0, 0.1) is 3.57 Å². The number of carboxylic acids is 1. The van der Waals surface area contributed by atoms with Gasteiger partial charge in [-0.1, -0.05) is 225 Å². The van der Waals surface area contributed by atoms with Crippen molar-refractivity contribution in [1.29, 1.82) is 0 Å². The lowest BCUT2D eigenvalue weighted by Crippen LogP contribution is -2.08. The van der Waals surface area contributed by atoms with Crippen LogP contribution in [-0.4, -0.2) is 11.1 Å². The molecule has 0 spiro atoms. The number of unbranched alkanes of at least 4 members (excludes halogenated alkanes) is 30. The minimum absolute atomic E-state index is 0.0308. The first-order valence-corrected chi connectivity index (χ1v) is 25.2. The topological polar surface area (TPSA) is 71.4 Å². The van der Waals surface area contributed by atoms with Crippen LogP contribution in [-0.2, 0) is 19.0 Å². The van der Waals surface area contributed by atoms with Gasteiger partial charge >= 0.3 is 25.8 Å². The highest BCUT2D eigenvalue weighted by Gasteiger charge is 2.23. The van der Waals surface area contributed by atoms with Gasteiger partial charge in [0.2, 0.25) is 0 Å². The van der Waals surface area contributed by atoms with Crippen LogP contribution in [0.3, 0.4) is 0 Å². The normalized spacial score (nSPS) is 11.7. The molecule has 0 saturated heterocycles. The Morgan fingerprint density at radius 1 is 0.462 bits per heavy atom. The number of rotatable bonds is 36. The Hall–Kier alpha value is -1.50. The highest BCUT2D eigenvalue weighted by atomic mass is 127. The van der Waals surface area contributed by atoms with Crippen molar-refractivity contribution in [2.75, 3.05) is 0 Å². The molecule has 0 radical (unpaired) electrons. The monoisotopic (exact) mass is 835 g/mol. The van der Waals surface area contributed by atoms with Gasteiger partial charge in [0.15, 0.2) is 0 Å². The summed E-state index contributed by atoms with van der Waals surface area (Å²) in [6, 6.07) is 7.86. The highest BCUT2D eigenvalue weighted by Crippen LogP contribution is 2.36. The van der Waals surface area contributed by atoms with E-state index in [1.54, 1.807) is 0 Å². The van der Waals surface area contributed by atoms with Crippen LogP contribution in [0.25, 0.3) is 10.8 Å². The lowest BCUT2D eigenvalue weighted by Gasteiger charge is -2.14. The lowest BCUT2D eigenvalue weighted by molar-refractivity contribution is 0.0694. The van der Waals surface area contributed by atoms with E-state index in [9.17, 15) is 16.0 Å².